The van der Waals surface area contributed by atoms with Crippen LogP contribution in [-0.2, 0) is 4.79 Å². The first-order chi connectivity index (χ1) is 6.49. The summed E-state index contributed by atoms with van der Waals surface area (Å²) in [5.74, 6) is 0.302. The van der Waals surface area contributed by atoms with E-state index in [1.165, 1.54) is 0 Å². The first kappa shape index (κ1) is 12.1. The van der Waals surface area contributed by atoms with Gasteiger partial charge in [0.15, 0.2) is 0 Å². The Labute approximate surface area is 91.4 Å². The van der Waals surface area contributed by atoms with Gasteiger partial charge in [-0.05, 0) is 13.8 Å². The lowest BCUT2D eigenvalue weighted by Gasteiger charge is -2.38. The van der Waals surface area contributed by atoms with Gasteiger partial charge in [-0.3, -0.25) is 9.69 Å². The molecule has 0 saturated carbocycles. The van der Waals surface area contributed by atoms with Crippen LogP contribution < -0.4 is 0 Å². The summed E-state index contributed by atoms with van der Waals surface area (Å²) >= 11 is 2.05. The van der Waals surface area contributed by atoms with Crippen LogP contribution in [0.15, 0.2) is 0 Å². The topological polar surface area (TPSA) is 20.3 Å². The molecule has 0 aromatic carbocycles. The molecule has 1 fully saturated rings. The van der Waals surface area contributed by atoms with Crippen LogP contribution in [0.5, 0.6) is 0 Å². The zero-order chi connectivity index (χ0) is 10.7. The van der Waals surface area contributed by atoms with E-state index in [1.807, 2.05) is 0 Å². The fraction of sp³-hybridized carbons (Fsp3) is 0.909. The van der Waals surface area contributed by atoms with Crippen molar-refractivity contribution >= 4 is 17.5 Å². The Kier molecular flexibility index (Phi) is 4.45. The van der Waals surface area contributed by atoms with Crippen LogP contribution in [-0.4, -0.2) is 40.3 Å². The van der Waals surface area contributed by atoms with E-state index in [2.05, 4.69) is 37.4 Å². The van der Waals surface area contributed by atoms with Crippen molar-refractivity contribution in [2.45, 2.75) is 50.7 Å². The van der Waals surface area contributed by atoms with Gasteiger partial charge in [-0.2, -0.15) is 11.8 Å². The predicted octanol–water partition coefficient (Wildman–Crippen LogP) is 2.18. The average molecular weight is 215 g/mol. The van der Waals surface area contributed by atoms with E-state index < -0.39 is 0 Å². The second-order valence-corrected chi connectivity index (χ2v) is 6.35. The maximum Gasteiger partial charge on any atom is 0.131 e. The third-order valence-corrected chi connectivity index (χ3v) is 3.88. The highest BCUT2D eigenvalue weighted by molar-refractivity contribution is 8.00. The Hall–Kier alpha value is -0.0200. The summed E-state index contributed by atoms with van der Waals surface area (Å²) in [6.07, 6.45) is 0.699. The van der Waals surface area contributed by atoms with Crippen molar-refractivity contribution in [3.63, 3.8) is 0 Å². The summed E-state index contributed by atoms with van der Waals surface area (Å²) < 4.78 is 0. The van der Waals surface area contributed by atoms with Crippen molar-refractivity contribution < 1.29 is 4.79 Å². The lowest BCUT2D eigenvalue weighted by molar-refractivity contribution is -0.118. The Morgan fingerprint density at radius 2 is 1.93 bits per heavy atom. The highest BCUT2D eigenvalue weighted by Crippen LogP contribution is 2.26. The predicted molar refractivity (Wildman–Crippen MR) is 62.8 cm³/mol. The highest BCUT2D eigenvalue weighted by atomic mass is 32.2. The zero-order valence-corrected chi connectivity index (χ0v) is 10.4. The van der Waals surface area contributed by atoms with Crippen LogP contribution in [0.1, 0.15) is 34.1 Å². The van der Waals surface area contributed by atoms with Gasteiger partial charge < -0.3 is 0 Å². The molecular formula is C11H21NOS. The monoisotopic (exact) mass is 215 g/mol. The Morgan fingerprint density at radius 3 is 2.36 bits per heavy atom. The number of thioether (sulfide) groups is 1. The number of ketones is 1. The molecule has 0 amide bonds. The Balaban J connectivity index is 2.46. The molecule has 1 saturated heterocycles. The van der Waals surface area contributed by atoms with Crippen LogP contribution in [0.25, 0.3) is 0 Å². The van der Waals surface area contributed by atoms with Crippen molar-refractivity contribution in [1.29, 1.82) is 0 Å². The van der Waals surface area contributed by atoms with Crippen molar-refractivity contribution in [2.24, 2.45) is 0 Å². The summed E-state index contributed by atoms with van der Waals surface area (Å²) in [5.41, 5.74) is 0. The number of rotatable bonds is 3. The number of nitrogens with zero attached hydrogens (tertiary/aromatic N) is 1. The lowest BCUT2D eigenvalue weighted by Crippen LogP contribution is -2.45. The van der Waals surface area contributed by atoms with Gasteiger partial charge in [0.25, 0.3) is 0 Å². The fourth-order valence-electron chi connectivity index (χ4n) is 2.12. The number of carbonyl (C=O) groups excluding carboxylic acids is 1. The summed E-state index contributed by atoms with van der Waals surface area (Å²) in [5, 5.41) is 1.40. The van der Waals surface area contributed by atoms with Gasteiger partial charge in [-0.1, -0.05) is 13.8 Å². The van der Waals surface area contributed by atoms with Crippen LogP contribution in [0.4, 0.5) is 0 Å². The lowest BCUT2D eigenvalue weighted by atomic mass is 10.1. The molecule has 0 radical (unpaired) electrons. The zero-order valence-electron chi connectivity index (χ0n) is 9.62. The largest absolute Gasteiger partial charge is 0.300 e. The third kappa shape index (κ3) is 3.62. The summed E-state index contributed by atoms with van der Waals surface area (Å²) in [6.45, 7) is 10.6. The fourth-order valence-corrected chi connectivity index (χ4v) is 3.47. The minimum atomic E-state index is 0.302. The molecule has 2 nitrogen and oxygen atoms in total. The smallest absolute Gasteiger partial charge is 0.131 e. The molecule has 0 aromatic heterocycles. The minimum Gasteiger partial charge on any atom is -0.300 e. The average Bonchev–Trinajstić information content (AvgIpc) is 2.00. The van der Waals surface area contributed by atoms with Gasteiger partial charge >= 0.3 is 0 Å². The van der Waals surface area contributed by atoms with E-state index in [-0.39, 0.29) is 0 Å². The van der Waals surface area contributed by atoms with Crippen LogP contribution in [0.2, 0.25) is 0 Å². The Bertz CT molecular complexity index is 197. The molecule has 1 aliphatic heterocycles. The molecule has 0 bridgehead atoms. The van der Waals surface area contributed by atoms with E-state index in [1.54, 1.807) is 6.92 Å². The second-order valence-electron chi connectivity index (χ2n) is 4.47. The maximum atomic E-state index is 11.0. The normalized spacial score (nSPS) is 31.4. The molecule has 82 valence electrons. The van der Waals surface area contributed by atoms with Gasteiger partial charge in [0.2, 0.25) is 0 Å². The van der Waals surface area contributed by atoms with E-state index >= 15 is 0 Å². The molecule has 1 rings (SSSR count). The van der Waals surface area contributed by atoms with E-state index in [4.69, 9.17) is 0 Å². The molecule has 14 heavy (non-hydrogen) atoms. The minimum absolute atomic E-state index is 0.302. The van der Waals surface area contributed by atoms with E-state index in [9.17, 15) is 4.79 Å². The van der Waals surface area contributed by atoms with Gasteiger partial charge in [0.1, 0.15) is 5.78 Å². The standard InChI is InChI=1S/C11H21NOS/c1-8(5-9(2)13)12-6-10(3)14-11(4)7-12/h8,10-11H,5-7H2,1-4H3. The van der Waals surface area contributed by atoms with E-state index in [0.29, 0.717) is 28.7 Å². The van der Waals surface area contributed by atoms with Gasteiger partial charge in [-0.25, -0.2) is 0 Å². The number of Topliss-reactive ketones (excluding diaryl/α,β-unsaturated/α-hetero) is 1. The molecule has 3 atom stereocenters. The molecule has 0 aromatic rings. The number of hydrogen-bond acceptors (Lipinski definition) is 3. The van der Waals surface area contributed by atoms with Crippen molar-refractivity contribution in [3.05, 3.63) is 0 Å². The summed E-state index contributed by atoms with van der Waals surface area (Å²) in [7, 11) is 0. The van der Waals surface area contributed by atoms with Crippen LogP contribution in [0, 0.1) is 0 Å². The number of carbonyl (C=O) groups is 1. The quantitative estimate of drug-likeness (QED) is 0.720. The van der Waals surface area contributed by atoms with E-state index in [0.717, 1.165) is 13.1 Å². The molecular weight excluding hydrogens is 194 g/mol. The van der Waals surface area contributed by atoms with Crippen molar-refractivity contribution in [2.75, 3.05) is 13.1 Å². The van der Waals surface area contributed by atoms with Gasteiger partial charge in [0.05, 0.1) is 0 Å². The van der Waals surface area contributed by atoms with Crippen LogP contribution in [0.3, 0.4) is 0 Å². The van der Waals surface area contributed by atoms with Gasteiger partial charge in [-0.15, -0.1) is 0 Å². The van der Waals surface area contributed by atoms with Crippen molar-refractivity contribution in [3.8, 4) is 0 Å². The molecule has 1 heterocycles. The second kappa shape index (κ2) is 5.17. The highest BCUT2D eigenvalue weighted by Gasteiger charge is 2.25. The third-order valence-electron chi connectivity index (χ3n) is 2.65. The SMILES string of the molecule is CC(=O)CC(C)N1CC(C)SC(C)C1. The molecule has 3 heteroatoms. The molecule has 3 unspecified atom stereocenters. The van der Waals surface area contributed by atoms with Crippen LogP contribution >= 0.6 is 11.8 Å². The first-order valence-corrected chi connectivity index (χ1v) is 6.32. The number of hydrogen-bond donors (Lipinski definition) is 0. The van der Waals surface area contributed by atoms with Crippen molar-refractivity contribution in [1.82, 2.24) is 4.90 Å². The molecule has 1 aliphatic rings. The molecule has 0 N–H and O–H groups in total. The van der Waals surface area contributed by atoms with Gasteiger partial charge in [0, 0.05) is 36.1 Å². The summed E-state index contributed by atoms with van der Waals surface area (Å²) in [4.78, 5) is 13.5. The molecule has 0 spiro atoms. The first-order valence-electron chi connectivity index (χ1n) is 5.38. The summed E-state index contributed by atoms with van der Waals surface area (Å²) in [6, 6.07) is 0.415. The maximum absolute atomic E-state index is 11.0. The molecule has 0 aliphatic carbocycles. The Morgan fingerprint density at radius 1 is 1.43 bits per heavy atom.